The van der Waals surface area contributed by atoms with Crippen LogP contribution in [0.5, 0.6) is 0 Å². The van der Waals surface area contributed by atoms with E-state index in [0.717, 1.165) is 19.3 Å². The SMILES string of the molecule is O=C(c1nc(Cl)ccc1Cl)N1CCCC(CCO)C1. The molecule has 19 heavy (non-hydrogen) atoms. The lowest BCUT2D eigenvalue weighted by Crippen LogP contribution is -2.40. The molecule has 6 heteroatoms. The predicted octanol–water partition coefficient (Wildman–Crippen LogP) is 2.62. The molecule has 1 unspecified atom stereocenters. The topological polar surface area (TPSA) is 53.4 Å². The largest absolute Gasteiger partial charge is 0.396 e. The first-order chi connectivity index (χ1) is 9.11. The second kappa shape index (κ2) is 6.55. The summed E-state index contributed by atoms with van der Waals surface area (Å²) < 4.78 is 0. The molecule has 2 rings (SSSR count). The van der Waals surface area contributed by atoms with E-state index in [2.05, 4.69) is 4.98 Å². The summed E-state index contributed by atoms with van der Waals surface area (Å²) in [6.45, 7) is 1.50. The van der Waals surface area contributed by atoms with E-state index in [1.807, 2.05) is 0 Å². The molecule has 1 fully saturated rings. The van der Waals surface area contributed by atoms with E-state index >= 15 is 0 Å². The fourth-order valence-corrected chi connectivity index (χ4v) is 2.72. The smallest absolute Gasteiger partial charge is 0.274 e. The van der Waals surface area contributed by atoms with Crippen molar-refractivity contribution in [3.63, 3.8) is 0 Å². The van der Waals surface area contributed by atoms with Crippen molar-refractivity contribution in [3.8, 4) is 0 Å². The molecule has 1 saturated heterocycles. The summed E-state index contributed by atoms with van der Waals surface area (Å²) in [6.07, 6.45) is 2.70. The summed E-state index contributed by atoms with van der Waals surface area (Å²) in [6, 6.07) is 3.14. The molecule has 1 aromatic heterocycles. The maximum Gasteiger partial charge on any atom is 0.274 e. The van der Waals surface area contributed by atoms with Gasteiger partial charge in [-0.15, -0.1) is 0 Å². The third-order valence-electron chi connectivity index (χ3n) is 3.36. The van der Waals surface area contributed by atoms with Gasteiger partial charge in [0, 0.05) is 19.7 Å². The van der Waals surface area contributed by atoms with Gasteiger partial charge in [0.15, 0.2) is 0 Å². The number of carbonyl (C=O) groups is 1. The number of nitrogens with zero attached hydrogens (tertiary/aromatic N) is 2. The summed E-state index contributed by atoms with van der Waals surface area (Å²) in [5.74, 6) is 0.163. The summed E-state index contributed by atoms with van der Waals surface area (Å²) >= 11 is 11.8. The van der Waals surface area contributed by atoms with Gasteiger partial charge in [0.05, 0.1) is 5.02 Å². The summed E-state index contributed by atoms with van der Waals surface area (Å²) in [5, 5.41) is 9.57. The van der Waals surface area contributed by atoms with Crippen LogP contribution in [0.4, 0.5) is 0 Å². The van der Waals surface area contributed by atoms with E-state index in [9.17, 15) is 4.79 Å². The molecule has 1 N–H and O–H groups in total. The molecule has 1 aliphatic rings. The monoisotopic (exact) mass is 302 g/mol. The van der Waals surface area contributed by atoms with Gasteiger partial charge >= 0.3 is 0 Å². The van der Waals surface area contributed by atoms with Crippen LogP contribution in [0.1, 0.15) is 29.8 Å². The minimum atomic E-state index is -0.185. The van der Waals surface area contributed by atoms with Gasteiger partial charge in [0.25, 0.3) is 5.91 Å². The van der Waals surface area contributed by atoms with Crippen LogP contribution >= 0.6 is 23.2 Å². The summed E-state index contributed by atoms with van der Waals surface area (Å²) in [4.78, 5) is 18.1. The average molecular weight is 303 g/mol. The number of rotatable bonds is 3. The first-order valence-corrected chi connectivity index (χ1v) is 7.09. The van der Waals surface area contributed by atoms with Gasteiger partial charge < -0.3 is 10.0 Å². The van der Waals surface area contributed by atoms with Gasteiger partial charge in [0.2, 0.25) is 0 Å². The fourth-order valence-electron chi connectivity index (χ4n) is 2.39. The molecule has 0 radical (unpaired) electrons. The van der Waals surface area contributed by atoms with Crippen LogP contribution in [0.25, 0.3) is 0 Å². The molecule has 104 valence electrons. The number of hydrogen-bond donors (Lipinski definition) is 1. The van der Waals surface area contributed by atoms with E-state index in [0.29, 0.717) is 24.0 Å². The van der Waals surface area contributed by atoms with Crippen LogP contribution < -0.4 is 0 Å². The van der Waals surface area contributed by atoms with E-state index < -0.39 is 0 Å². The second-order valence-corrected chi connectivity index (χ2v) is 5.53. The first kappa shape index (κ1) is 14.6. The van der Waals surface area contributed by atoms with Crippen LogP contribution in [-0.2, 0) is 0 Å². The number of amides is 1. The van der Waals surface area contributed by atoms with Crippen LogP contribution in [0.3, 0.4) is 0 Å². The number of pyridine rings is 1. The Morgan fingerprint density at radius 3 is 3.00 bits per heavy atom. The predicted molar refractivity (Wildman–Crippen MR) is 74.6 cm³/mol. The molecule has 1 aliphatic heterocycles. The Morgan fingerprint density at radius 2 is 2.26 bits per heavy atom. The Kier molecular flexibility index (Phi) is 5.02. The lowest BCUT2D eigenvalue weighted by Gasteiger charge is -2.32. The number of piperidine rings is 1. The van der Waals surface area contributed by atoms with Crippen molar-refractivity contribution in [1.29, 1.82) is 0 Å². The molecule has 1 atom stereocenters. The van der Waals surface area contributed by atoms with Crippen LogP contribution in [0.2, 0.25) is 10.2 Å². The number of carbonyl (C=O) groups excluding carboxylic acids is 1. The highest BCUT2D eigenvalue weighted by Gasteiger charge is 2.26. The zero-order valence-electron chi connectivity index (χ0n) is 10.5. The first-order valence-electron chi connectivity index (χ1n) is 6.34. The zero-order valence-corrected chi connectivity index (χ0v) is 12.0. The molecule has 1 amide bonds. The van der Waals surface area contributed by atoms with Gasteiger partial charge in [-0.05, 0) is 37.3 Å². The third-order valence-corrected chi connectivity index (χ3v) is 3.87. The molecule has 0 saturated carbocycles. The molecular weight excluding hydrogens is 287 g/mol. The molecular formula is C13H16Cl2N2O2. The quantitative estimate of drug-likeness (QED) is 0.873. The molecule has 0 aliphatic carbocycles. The number of aromatic nitrogens is 1. The fraction of sp³-hybridized carbons (Fsp3) is 0.538. The Balaban J connectivity index is 2.12. The summed E-state index contributed by atoms with van der Waals surface area (Å²) in [7, 11) is 0. The van der Waals surface area contributed by atoms with Crippen molar-refractivity contribution < 1.29 is 9.90 Å². The second-order valence-electron chi connectivity index (χ2n) is 4.74. The number of halogens is 2. The Labute approximate surface area is 122 Å². The molecule has 1 aromatic rings. The third kappa shape index (κ3) is 3.59. The minimum absolute atomic E-state index is 0.156. The zero-order chi connectivity index (χ0) is 13.8. The maximum atomic E-state index is 12.4. The van der Waals surface area contributed by atoms with Crippen LogP contribution in [-0.4, -0.2) is 40.6 Å². The van der Waals surface area contributed by atoms with Crippen molar-refractivity contribution in [3.05, 3.63) is 28.0 Å². The Bertz CT molecular complexity index is 466. The van der Waals surface area contributed by atoms with Gasteiger partial charge in [0.1, 0.15) is 10.8 Å². The Morgan fingerprint density at radius 1 is 1.47 bits per heavy atom. The number of aliphatic hydroxyl groups is 1. The van der Waals surface area contributed by atoms with E-state index in [1.165, 1.54) is 0 Å². The highest BCUT2D eigenvalue weighted by Crippen LogP contribution is 2.23. The highest BCUT2D eigenvalue weighted by atomic mass is 35.5. The van der Waals surface area contributed by atoms with Gasteiger partial charge in [-0.3, -0.25) is 4.79 Å². The molecule has 0 spiro atoms. The number of aliphatic hydroxyl groups excluding tert-OH is 1. The summed E-state index contributed by atoms with van der Waals surface area (Å²) in [5.41, 5.74) is 0.207. The molecule has 0 aromatic carbocycles. The van der Waals surface area contributed by atoms with E-state index in [-0.39, 0.29) is 23.4 Å². The van der Waals surface area contributed by atoms with Gasteiger partial charge in [-0.25, -0.2) is 4.98 Å². The minimum Gasteiger partial charge on any atom is -0.396 e. The van der Waals surface area contributed by atoms with Crippen molar-refractivity contribution in [2.45, 2.75) is 19.3 Å². The molecule has 0 bridgehead atoms. The molecule has 4 nitrogen and oxygen atoms in total. The maximum absolute atomic E-state index is 12.4. The van der Waals surface area contributed by atoms with Gasteiger partial charge in [-0.1, -0.05) is 23.2 Å². The van der Waals surface area contributed by atoms with Crippen LogP contribution in [0.15, 0.2) is 12.1 Å². The van der Waals surface area contributed by atoms with Crippen molar-refractivity contribution in [2.24, 2.45) is 5.92 Å². The Hall–Kier alpha value is -0.840. The van der Waals surface area contributed by atoms with Crippen LogP contribution in [0, 0.1) is 5.92 Å². The van der Waals surface area contributed by atoms with Crippen molar-refractivity contribution in [1.82, 2.24) is 9.88 Å². The van der Waals surface area contributed by atoms with Crippen molar-refractivity contribution >= 4 is 29.1 Å². The normalized spacial score (nSPS) is 19.5. The lowest BCUT2D eigenvalue weighted by molar-refractivity contribution is 0.0648. The van der Waals surface area contributed by atoms with E-state index in [4.69, 9.17) is 28.3 Å². The number of likely N-dealkylation sites (tertiary alicyclic amines) is 1. The lowest BCUT2D eigenvalue weighted by atomic mass is 9.95. The molecule has 2 heterocycles. The standard InChI is InChI=1S/C13H16Cl2N2O2/c14-10-3-4-11(15)16-12(10)13(19)17-6-1-2-9(8-17)5-7-18/h3-4,9,18H,1-2,5-8H2. The van der Waals surface area contributed by atoms with Gasteiger partial charge in [-0.2, -0.15) is 0 Å². The van der Waals surface area contributed by atoms with Crippen molar-refractivity contribution in [2.75, 3.05) is 19.7 Å². The number of hydrogen-bond acceptors (Lipinski definition) is 3. The average Bonchev–Trinajstić information content (AvgIpc) is 2.41. The highest BCUT2D eigenvalue weighted by molar-refractivity contribution is 6.34. The van der Waals surface area contributed by atoms with E-state index in [1.54, 1.807) is 17.0 Å².